The van der Waals surface area contributed by atoms with Crippen LogP contribution in [0.3, 0.4) is 0 Å². The Labute approximate surface area is 90.8 Å². The molecule has 3 nitrogen and oxygen atoms in total. The molecular formula is C12H17N3. The Bertz CT molecular complexity index is 321. The zero-order chi connectivity index (χ0) is 10.5. The molecule has 1 heterocycles. The second-order valence-electron chi connectivity index (χ2n) is 3.77. The van der Waals surface area contributed by atoms with Gasteiger partial charge in [0.15, 0.2) is 0 Å². The molecule has 1 aromatic carbocycles. The third-order valence-corrected chi connectivity index (χ3v) is 2.50. The van der Waals surface area contributed by atoms with E-state index in [1.54, 1.807) is 0 Å². The van der Waals surface area contributed by atoms with Crippen LogP contribution in [0.2, 0.25) is 0 Å². The fourth-order valence-corrected chi connectivity index (χ4v) is 1.75. The maximum Gasteiger partial charge on any atom is 0.0897 e. The molecule has 1 aliphatic heterocycles. The lowest BCUT2D eigenvalue weighted by Gasteiger charge is -2.20. The van der Waals surface area contributed by atoms with E-state index < -0.39 is 0 Å². The highest BCUT2D eigenvalue weighted by molar-refractivity contribution is 5.15. The van der Waals surface area contributed by atoms with Crippen molar-refractivity contribution >= 4 is 0 Å². The van der Waals surface area contributed by atoms with Gasteiger partial charge in [0, 0.05) is 32.0 Å². The van der Waals surface area contributed by atoms with Crippen molar-refractivity contribution in [2.45, 2.75) is 6.54 Å². The number of nitrogens with zero attached hydrogens (tertiary/aromatic N) is 2. The number of benzene rings is 1. The Morgan fingerprint density at radius 2 is 1.80 bits per heavy atom. The summed E-state index contributed by atoms with van der Waals surface area (Å²) in [5, 5.41) is 0. The van der Waals surface area contributed by atoms with Gasteiger partial charge in [-0.15, -0.1) is 0 Å². The average molecular weight is 203 g/mol. The molecule has 0 aromatic heterocycles. The van der Waals surface area contributed by atoms with E-state index in [2.05, 4.69) is 46.5 Å². The summed E-state index contributed by atoms with van der Waals surface area (Å²) >= 11 is 0. The lowest BCUT2D eigenvalue weighted by Crippen LogP contribution is -2.29. The van der Waals surface area contributed by atoms with Crippen molar-refractivity contribution in [3.8, 4) is 0 Å². The fraction of sp³-hybridized carbons (Fsp3) is 0.333. The molecule has 15 heavy (non-hydrogen) atoms. The first-order chi connectivity index (χ1) is 7.38. The molecule has 0 saturated carbocycles. The maximum atomic E-state index is 5.51. The number of nitrogens with two attached hydrogens (primary N) is 1. The summed E-state index contributed by atoms with van der Waals surface area (Å²) in [7, 11) is 0. The minimum atomic E-state index is 0.712. The van der Waals surface area contributed by atoms with E-state index in [0.29, 0.717) is 6.54 Å². The van der Waals surface area contributed by atoms with Gasteiger partial charge in [0.2, 0.25) is 0 Å². The molecule has 80 valence electrons. The molecule has 0 radical (unpaired) electrons. The second-order valence-corrected chi connectivity index (χ2v) is 3.77. The highest BCUT2D eigenvalue weighted by Crippen LogP contribution is 2.10. The Hall–Kier alpha value is -1.48. The summed E-state index contributed by atoms with van der Waals surface area (Å²) in [5.74, 6) is 0. The standard InChI is InChI=1S/C12H17N3/c13-6-7-14-8-9-15(11-14)10-12-4-2-1-3-5-12/h1-5,8-9H,6-7,10-11,13H2. The van der Waals surface area contributed by atoms with Crippen molar-refractivity contribution in [2.24, 2.45) is 5.73 Å². The summed E-state index contributed by atoms with van der Waals surface area (Å²) < 4.78 is 0. The Morgan fingerprint density at radius 3 is 2.53 bits per heavy atom. The van der Waals surface area contributed by atoms with E-state index in [-0.39, 0.29) is 0 Å². The van der Waals surface area contributed by atoms with Crippen molar-refractivity contribution in [3.05, 3.63) is 48.3 Å². The number of hydrogen-bond donors (Lipinski definition) is 1. The van der Waals surface area contributed by atoms with Crippen molar-refractivity contribution in [3.63, 3.8) is 0 Å². The van der Waals surface area contributed by atoms with E-state index in [1.807, 2.05) is 6.07 Å². The van der Waals surface area contributed by atoms with Gasteiger partial charge < -0.3 is 15.5 Å². The highest BCUT2D eigenvalue weighted by atomic mass is 15.3. The van der Waals surface area contributed by atoms with Gasteiger partial charge in [0.05, 0.1) is 6.67 Å². The zero-order valence-corrected chi connectivity index (χ0v) is 8.84. The Kier molecular flexibility index (Phi) is 3.25. The van der Waals surface area contributed by atoms with Crippen LogP contribution in [0.25, 0.3) is 0 Å². The fourth-order valence-electron chi connectivity index (χ4n) is 1.75. The normalized spacial score (nSPS) is 15.0. The topological polar surface area (TPSA) is 32.5 Å². The smallest absolute Gasteiger partial charge is 0.0897 e. The molecule has 0 unspecified atom stereocenters. The first-order valence-electron chi connectivity index (χ1n) is 5.29. The lowest BCUT2D eigenvalue weighted by atomic mass is 10.2. The first kappa shape index (κ1) is 10.1. The first-order valence-corrected chi connectivity index (χ1v) is 5.29. The van der Waals surface area contributed by atoms with Crippen molar-refractivity contribution < 1.29 is 0 Å². The van der Waals surface area contributed by atoms with Crippen LogP contribution in [-0.4, -0.2) is 29.6 Å². The van der Waals surface area contributed by atoms with Crippen LogP contribution in [0.1, 0.15) is 5.56 Å². The largest absolute Gasteiger partial charge is 0.357 e. The Balaban J connectivity index is 1.86. The molecule has 3 heteroatoms. The molecule has 0 fully saturated rings. The van der Waals surface area contributed by atoms with Gasteiger partial charge >= 0.3 is 0 Å². The molecule has 0 aliphatic carbocycles. The molecule has 2 N–H and O–H groups in total. The van der Waals surface area contributed by atoms with Crippen molar-refractivity contribution in [1.82, 2.24) is 9.80 Å². The van der Waals surface area contributed by atoms with Gasteiger partial charge in [0.1, 0.15) is 0 Å². The third kappa shape index (κ3) is 2.73. The quantitative estimate of drug-likeness (QED) is 0.798. The molecule has 2 rings (SSSR count). The van der Waals surface area contributed by atoms with Gasteiger partial charge in [-0.2, -0.15) is 0 Å². The van der Waals surface area contributed by atoms with Crippen LogP contribution < -0.4 is 5.73 Å². The van der Waals surface area contributed by atoms with Crippen LogP contribution >= 0.6 is 0 Å². The third-order valence-electron chi connectivity index (χ3n) is 2.50. The van der Waals surface area contributed by atoms with Crippen molar-refractivity contribution in [1.29, 1.82) is 0 Å². The molecule has 0 amide bonds. The van der Waals surface area contributed by atoms with Gasteiger partial charge in [0.25, 0.3) is 0 Å². The molecule has 0 bridgehead atoms. The van der Waals surface area contributed by atoms with E-state index >= 15 is 0 Å². The van der Waals surface area contributed by atoms with Crippen LogP contribution in [0.5, 0.6) is 0 Å². The molecule has 1 aliphatic rings. The predicted octanol–water partition coefficient (Wildman–Crippen LogP) is 1.19. The molecule has 1 aromatic rings. The average Bonchev–Trinajstić information content (AvgIpc) is 2.68. The van der Waals surface area contributed by atoms with E-state index in [1.165, 1.54) is 5.56 Å². The van der Waals surface area contributed by atoms with Crippen LogP contribution in [0, 0.1) is 0 Å². The molecule has 0 saturated heterocycles. The summed E-state index contributed by atoms with van der Waals surface area (Å²) in [6.07, 6.45) is 4.23. The minimum Gasteiger partial charge on any atom is -0.357 e. The van der Waals surface area contributed by atoms with Gasteiger partial charge in [-0.05, 0) is 5.56 Å². The number of rotatable bonds is 4. The van der Waals surface area contributed by atoms with E-state index in [9.17, 15) is 0 Å². The van der Waals surface area contributed by atoms with E-state index in [4.69, 9.17) is 5.73 Å². The summed E-state index contributed by atoms with van der Waals surface area (Å²) in [5.41, 5.74) is 6.86. The lowest BCUT2D eigenvalue weighted by molar-refractivity contribution is 0.264. The van der Waals surface area contributed by atoms with Gasteiger partial charge in [-0.25, -0.2) is 0 Å². The molecule has 0 atom stereocenters. The molecule has 0 spiro atoms. The van der Waals surface area contributed by atoms with Gasteiger partial charge in [-0.3, -0.25) is 0 Å². The van der Waals surface area contributed by atoms with Crippen LogP contribution in [-0.2, 0) is 6.54 Å². The van der Waals surface area contributed by atoms with Crippen LogP contribution in [0.4, 0.5) is 0 Å². The highest BCUT2D eigenvalue weighted by Gasteiger charge is 2.10. The summed E-state index contributed by atoms with van der Waals surface area (Å²) in [4.78, 5) is 4.51. The maximum absolute atomic E-state index is 5.51. The zero-order valence-electron chi connectivity index (χ0n) is 8.84. The van der Waals surface area contributed by atoms with Gasteiger partial charge in [-0.1, -0.05) is 30.3 Å². The minimum absolute atomic E-state index is 0.712. The predicted molar refractivity (Wildman–Crippen MR) is 61.8 cm³/mol. The van der Waals surface area contributed by atoms with Crippen molar-refractivity contribution in [2.75, 3.05) is 19.8 Å². The van der Waals surface area contributed by atoms with Crippen LogP contribution in [0.15, 0.2) is 42.7 Å². The summed E-state index contributed by atoms with van der Waals surface area (Å²) in [6, 6.07) is 10.5. The SMILES string of the molecule is NCCN1C=CN(Cc2ccccc2)C1. The molecular weight excluding hydrogens is 186 g/mol. The van der Waals surface area contributed by atoms with E-state index in [0.717, 1.165) is 19.8 Å². The summed E-state index contributed by atoms with van der Waals surface area (Å²) in [6.45, 7) is 3.57. The number of hydrogen-bond acceptors (Lipinski definition) is 3. The Morgan fingerprint density at radius 1 is 1.07 bits per heavy atom. The monoisotopic (exact) mass is 203 g/mol. The second kappa shape index (κ2) is 4.84.